The fourth-order valence-corrected chi connectivity index (χ4v) is 2.71. The van der Waals surface area contributed by atoms with Crippen LogP contribution in [0.5, 0.6) is 5.75 Å². The van der Waals surface area contributed by atoms with E-state index < -0.39 is 5.97 Å². The average Bonchev–Trinajstić information content (AvgIpc) is 2.49. The quantitative estimate of drug-likeness (QED) is 0.546. The van der Waals surface area contributed by atoms with Gasteiger partial charge in [-0.1, -0.05) is 37.0 Å². The summed E-state index contributed by atoms with van der Waals surface area (Å²) in [5.41, 5.74) is 0.259. The number of thiocarbonyl (C=S) groups is 1. The molecular weight excluding hydrogens is 345 g/mol. The summed E-state index contributed by atoms with van der Waals surface area (Å²) in [6.07, 6.45) is 1.90. The van der Waals surface area contributed by atoms with E-state index in [9.17, 15) is 4.79 Å². The van der Waals surface area contributed by atoms with Gasteiger partial charge in [-0.25, -0.2) is 4.79 Å². The van der Waals surface area contributed by atoms with Crippen molar-refractivity contribution in [3.05, 3.63) is 27.7 Å². The molecule has 0 saturated heterocycles. The molecule has 0 aromatic heterocycles. The molecule has 0 amide bonds. The predicted octanol–water partition coefficient (Wildman–Crippen LogP) is 4.57. The minimum atomic E-state index is -0.517. The SMILES string of the molecule is CCCN(CCC)C(=S)Oc1c(Cl)cc(C(=O)OC)cc1Cl. The van der Waals surface area contributed by atoms with Gasteiger partial charge < -0.3 is 14.4 Å². The molecule has 0 heterocycles. The minimum absolute atomic E-state index is 0.211. The van der Waals surface area contributed by atoms with Crippen molar-refractivity contribution in [3.63, 3.8) is 0 Å². The van der Waals surface area contributed by atoms with Crippen molar-refractivity contribution in [2.45, 2.75) is 26.7 Å². The Labute approximate surface area is 146 Å². The Kier molecular flexibility index (Phi) is 7.93. The molecule has 1 aromatic rings. The highest BCUT2D eigenvalue weighted by molar-refractivity contribution is 7.80. The first-order valence-electron chi connectivity index (χ1n) is 6.98. The van der Waals surface area contributed by atoms with E-state index in [1.807, 2.05) is 4.90 Å². The first kappa shape index (κ1) is 19.0. The van der Waals surface area contributed by atoms with Gasteiger partial charge in [0.15, 0.2) is 5.75 Å². The van der Waals surface area contributed by atoms with Crippen molar-refractivity contribution in [1.82, 2.24) is 4.90 Å². The van der Waals surface area contributed by atoms with Crippen LogP contribution in [0, 0.1) is 0 Å². The Morgan fingerprint density at radius 1 is 1.18 bits per heavy atom. The van der Waals surface area contributed by atoms with Gasteiger partial charge in [-0.3, -0.25) is 0 Å². The summed E-state index contributed by atoms with van der Waals surface area (Å²) < 4.78 is 10.3. The van der Waals surface area contributed by atoms with Crippen molar-refractivity contribution in [2.75, 3.05) is 20.2 Å². The molecule has 0 atom stereocenters. The van der Waals surface area contributed by atoms with Crippen molar-refractivity contribution >= 4 is 46.6 Å². The van der Waals surface area contributed by atoms with Gasteiger partial charge in [-0.15, -0.1) is 0 Å². The van der Waals surface area contributed by atoms with Gasteiger partial charge in [0, 0.05) is 13.1 Å². The zero-order valence-electron chi connectivity index (χ0n) is 12.8. The average molecular weight is 364 g/mol. The van der Waals surface area contributed by atoms with Crippen molar-refractivity contribution < 1.29 is 14.3 Å². The number of benzene rings is 1. The normalized spacial score (nSPS) is 10.2. The molecule has 0 unspecified atom stereocenters. The molecule has 0 saturated carbocycles. The van der Waals surface area contributed by atoms with Crippen molar-refractivity contribution in [3.8, 4) is 5.75 Å². The van der Waals surface area contributed by atoms with E-state index in [1.54, 1.807) is 0 Å². The third kappa shape index (κ3) is 5.00. The Hall–Kier alpha value is -1.04. The van der Waals surface area contributed by atoms with Crippen molar-refractivity contribution in [2.24, 2.45) is 0 Å². The van der Waals surface area contributed by atoms with Crippen LogP contribution in [0.3, 0.4) is 0 Å². The first-order chi connectivity index (χ1) is 10.4. The van der Waals surface area contributed by atoms with Gasteiger partial charge in [0.2, 0.25) is 0 Å². The number of esters is 1. The van der Waals surface area contributed by atoms with Crippen LogP contribution in [0.2, 0.25) is 10.0 Å². The number of ether oxygens (including phenoxy) is 2. The Balaban J connectivity index is 2.97. The van der Waals surface area contributed by atoms with Crippen molar-refractivity contribution in [1.29, 1.82) is 0 Å². The number of carbonyl (C=O) groups is 1. The molecule has 0 N–H and O–H groups in total. The molecule has 122 valence electrons. The van der Waals surface area contributed by atoms with Crippen LogP contribution in [0.4, 0.5) is 0 Å². The number of halogens is 2. The molecular formula is C15H19Cl2NO3S. The summed E-state index contributed by atoms with van der Waals surface area (Å²) >= 11 is 17.6. The Morgan fingerprint density at radius 3 is 2.09 bits per heavy atom. The molecule has 4 nitrogen and oxygen atoms in total. The van der Waals surface area contributed by atoms with E-state index in [4.69, 9.17) is 40.2 Å². The third-order valence-corrected chi connectivity index (χ3v) is 3.76. The van der Waals surface area contributed by atoms with Crippen LogP contribution in [-0.2, 0) is 4.74 Å². The molecule has 22 heavy (non-hydrogen) atoms. The number of rotatable bonds is 6. The second-order valence-electron chi connectivity index (χ2n) is 4.62. The van der Waals surface area contributed by atoms with Gasteiger partial charge in [-0.2, -0.15) is 0 Å². The van der Waals surface area contributed by atoms with Crippen LogP contribution in [0.25, 0.3) is 0 Å². The highest BCUT2D eigenvalue weighted by Crippen LogP contribution is 2.35. The van der Waals surface area contributed by atoms with Crippen LogP contribution >= 0.6 is 35.4 Å². The van der Waals surface area contributed by atoms with Crippen LogP contribution < -0.4 is 4.74 Å². The molecule has 1 rings (SSSR count). The molecule has 1 aromatic carbocycles. The number of hydrogen-bond donors (Lipinski definition) is 0. The second-order valence-corrected chi connectivity index (χ2v) is 5.78. The largest absolute Gasteiger partial charge is 0.465 e. The smallest absolute Gasteiger partial charge is 0.337 e. The summed E-state index contributed by atoms with van der Waals surface area (Å²) in [7, 11) is 1.29. The highest BCUT2D eigenvalue weighted by atomic mass is 35.5. The van der Waals surface area contributed by atoms with Crippen LogP contribution in [0.1, 0.15) is 37.0 Å². The number of hydrogen-bond acceptors (Lipinski definition) is 4. The van der Waals surface area contributed by atoms with Gasteiger partial charge in [0.1, 0.15) is 0 Å². The molecule has 0 aliphatic heterocycles. The zero-order chi connectivity index (χ0) is 16.7. The third-order valence-electron chi connectivity index (χ3n) is 2.85. The fraction of sp³-hybridized carbons (Fsp3) is 0.467. The molecule has 0 fully saturated rings. The van der Waals surface area contributed by atoms with E-state index >= 15 is 0 Å². The standard InChI is InChI=1S/C15H19Cl2NO3S/c1-4-6-18(7-5-2)15(22)21-13-11(16)8-10(9-12(13)17)14(19)20-3/h8-9H,4-7H2,1-3H3. The molecule has 7 heteroatoms. The van der Waals surface area contributed by atoms with E-state index in [0.717, 1.165) is 25.9 Å². The van der Waals surface area contributed by atoms with Gasteiger partial charge in [0.25, 0.3) is 5.17 Å². The maximum absolute atomic E-state index is 11.5. The number of methoxy groups -OCH3 is 1. The van der Waals surface area contributed by atoms with E-state index in [-0.39, 0.29) is 21.4 Å². The van der Waals surface area contributed by atoms with Crippen LogP contribution in [-0.4, -0.2) is 36.2 Å². The molecule has 0 aliphatic rings. The fourth-order valence-electron chi connectivity index (χ4n) is 1.88. The Bertz CT molecular complexity index is 523. The van der Waals surface area contributed by atoms with E-state index in [2.05, 4.69) is 18.6 Å². The maximum Gasteiger partial charge on any atom is 0.337 e. The maximum atomic E-state index is 11.5. The van der Waals surface area contributed by atoms with E-state index in [1.165, 1.54) is 19.2 Å². The second kappa shape index (κ2) is 9.18. The number of carbonyl (C=O) groups excluding carboxylic acids is 1. The van der Waals surface area contributed by atoms with Gasteiger partial charge >= 0.3 is 5.97 Å². The monoisotopic (exact) mass is 363 g/mol. The van der Waals surface area contributed by atoms with Gasteiger partial charge in [-0.05, 0) is 37.2 Å². The molecule has 0 spiro atoms. The predicted molar refractivity (Wildman–Crippen MR) is 93.2 cm³/mol. The minimum Gasteiger partial charge on any atom is -0.465 e. The van der Waals surface area contributed by atoms with Crippen LogP contribution in [0.15, 0.2) is 12.1 Å². The summed E-state index contributed by atoms with van der Waals surface area (Å²) in [4.78, 5) is 13.5. The summed E-state index contributed by atoms with van der Waals surface area (Å²) in [5, 5.41) is 0.740. The lowest BCUT2D eigenvalue weighted by Gasteiger charge is -2.24. The highest BCUT2D eigenvalue weighted by Gasteiger charge is 2.18. The summed E-state index contributed by atoms with van der Waals surface area (Å²) in [6.45, 7) is 5.72. The lowest BCUT2D eigenvalue weighted by molar-refractivity contribution is 0.0600. The lowest BCUT2D eigenvalue weighted by Crippen LogP contribution is -2.34. The Morgan fingerprint density at radius 2 is 1.68 bits per heavy atom. The topological polar surface area (TPSA) is 38.8 Å². The van der Waals surface area contributed by atoms with E-state index in [0.29, 0.717) is 5.17 Å². The van der Waals surface area contributed by atoms with Gasteiger partial charge in [0.05, 0.1) is 22.7 Å². The molecule has 0 radical (unpaired) electrons. The summed E-state index contributed by atoms with van der Waals surface area (Å²) in [6, 6.07) is 2.89. The lowest BCUT2D eigenvalue weighted by atomic mass is 10.2. The first-order valence-corrected chi connectivity index (χ1v) is 8.15. The summed E-state index contributed by atoms with van der Waals surface area (Å²) in [5.74, 6) is -0.269. The molecule has 0 aliphatic carbocycles. The zero-order valence-corrected chi connectivity index (χ0v) is 15.1. The molecule has 0 bridgehead atoms. The number of nitrogens with zero attached hydrogens (tertiary/aromatic N) is 1.